The molecule has 0 aromatic heterocycles. The van der Waals surface area contributed by atoms with Gasteiger partial charge in [-0.05, 0) is 39.5 Å². The molecule has 0 spiro atoms. The zero-order valence-corrected chi connectivity index (χ0v) is 7.60. The predicted octanol–water partition coefficient (Wildman–Crippen LogP) is 3.26. The van der Waals surface area contributed by atoms with Crippen molar-refractivity contribution in [1.82, 2.24) is 0 Å². The van der Waals surface area contributed by atoms with E-state index in [2.05, 4.69) is 6.92 Å². The Hall–Kier alpha value is -0.460. The number of rotatable bonds is 2. The van der Waals surface area contributed by atoms with Gasteiger partial charge in [0.15, 0.2) is 0 Å². The third kappa shape index (κ3) is 2.57. The average molecular weight is 154 g/mol. The van der Waals surface area contributed by atoms with Gasteiger partial charge in [-0.15, -0.1) is 0 Å². The van der Waals surface area contributed by atoms with Crippen molar-refractivity contribution in [3.63, 3.8) is 0 Å². The second-order valence-corrected chi connectivity index (χ2v) is 3.60. The molecular formula is C10H18O. The fourth-order valence-corrected chi connectivity index (χ4v) is 1.65. The molecule has 0 aromatic carbocycles. The first-order valence-corrected chi connectivity index (χ1v) is 4.56. The van der Waals surface area contributed by atoms with Crippen LogP contribution in [0.4, 0.5) is 0 Å². The molecule has 0 N–H and O–H groups in total. The van der Waals surface area contributed by atoms with E-state index in [4.69, 9.17) is 4.74 Å². The number of ether oxygens (including phenoxy) is 1. The first kappa shape index (κ1) is 8.63. The summed E-state index contributed by atoms with van der Waals surface area (Å²) in [5, 5.41) is 0. The lowest BCUT2D eigenvalue weighted by Crippen LogP contribution is -2.29. The van der Waals surface area contributed by atoms with Crippen molar-refractivity contribution in [3.8, 4) is 0 Å². The van der Waals surface area contributed by atoms with Crippen LogP contribution in [0.5, 0.6) is 0 Å². The minimum Gasteiger partial charge on any atom is -0.496 e. The Kier molecular flexibility index (Phi) is 2.98. The normalized spacial score (nSPS) is 23.8. The average Bonchev–Trinajstić information content (AvgIpc) is 2.03. The Morgan fingerprint density at radius 1 is 1.18 bits per heavy atom. The van der Waals surface area contributed by atoms with E-state index >= 15 is 0 Å². The lowest BCUT2D eigenvalue weighted by Gasteiger charge is -2.32. The first-order chi connectivity index (χ1) is 5.27. The highest BCUT2D eigenvalue weighted by atomic mass is 16.5. The SMILES string of the molecule is C/C=C\OC1(C)CCCCC1. The number of allylic oxidation sites excluding steroid dienone is 1. The minimum absolute atomic E-state index is 0.144. The molecular weight excluding hydrogens is 136 g/mol. The van der Waals surface area contributed by atoms with Crippen LogP contribution in [0.25, 0.3) is 0 Å². The largest absolute Gasteiger partial charge is 0.496 e. The standard InChI is InChI=1S/C10H18O/c1-3-9-11-10(2)7-5-4-6-8-10/h3,9H,4-8H2,1-2H3/b9-3-. The fourth-order valence-electron chi connectivity index (χ4n) is 1.65. The molecule has 1 saturated carbocycles. The van der Waals surface area contributed by atoms with E-state index in [1.165, 1.54) is 32.1 Å². The summed E-state index contributed by atoms with van der Waals surface area (Å²) in [6.45, 7) is 4.21. The number of hydrogen-bond acceptors (Lipinski definition) is 1. The van der Waals surface area contributed by atoms with Crippen LogP contribution < -0.4 is 0 Å². The van der Waals surface area contributed by atoms with Crippen LogP contribution >= 0.6 is 0 Å². The molecule has 0 bridgehead atoms. The minimum atomic E-state index is 0.144. The van der Waals surface area contributed by atoms with Crippen LogP contribution in [0.1, 0.15) is 46.0 Å². The summed E-state index contributed by atoms with van der Waals surface area (Å²) in [5.41, 5.74) is 0.144. The van der Waals surface area contributed by atoms with E-state index < -0.39 is 0 Å². The van der Waals surface area contributed by atoms with E-state index in [1.807, 2.05) is 19.3 Å². The van der Waals surface area contributed by atoms with Gasteiger partial charge in [-0.25, -0.2) is 0 Å². The van der Waals surface area contributed by atoms with Crippen molar-refractivity contribution in [2.24, 2.45) is 0 Å². The van der Waals surface area contributed by atoms with Crippen molar-refractivity contribution in [3.05, 3.63) is 12.3 Å². The van der Waals surface area contributed by atoms with Crippen molar-refractivity contribution in [2.45, 2.75) is 51.6 Å². The molecule has 1 fully saturated rings. The van der Waals surface area contributed by atoms with Crippen LogP contribution in [-0.4, -0.2) is 5.60 Å². The Morgan fingerprint density at radius 3 is 2.36 bits per heavy atom. The van der Waals surface area contributed by atoms with Gasteiger partial charge < -0.3 is 4.74 Å². The molecule has 0 radical (unpaired) electrons. The van der Waals surface area contributed by atoms with E-state index in [-0.39, 0.29) is 5.60 Å². The Morgan fingerprint density at radius 2 is 1.82 bits per heavy atom. The molecule has 64 valence electrons. The molecule has 1 heteroatoms. The summed E-state index contributed by atoms with van der Waals surface area (Å²) in [4.78, 5) is 0. The lowest BCUT2D eigenvalue weighted by atomic mass is 9.86. The van der Waals surface area contributed by atoms with Gasteiger partial charge in [0.25, 0.3) is 0 Å². The summed E-state index contributed by atoms with van der Waals surface area (Å²) < 4.78 is 5.64. The van der Waals surface area contributed by atoms with Crippen LogP contribution in [0.15, 0.2) is 12.3 Å². The predicted molar refractivity (Wildman–Crippen MR) is 47.4 cm³/mol. The van der Waals surface area contributed by atoms with Gasteiger partial charge in [0.1, 0.15) is 5.60 Å². The Bertz CT molecular complexity index is 132. The highest BCUT2D eigenvalue weighted by Gasteiger charge is 2.26. The van der Waals surface area contributed by atoms with Crippen molar-refractivity contribution in [2.75, 3.05) is 0 Å². The van der Waals surface area contributed by atoms with E-state index in [0.717, 1.165) is 0 Å². The first-order valence-electron chi connectivity index (χ1n) is 4.56. The highest BCUT2D eigenvalue weighted by Crippen LogP contribution is 2.30. The maximum Gasteiger partial charge on any atom is 0.105 e. The van der Waals surface area contributed by atoms with Gasteiger partial charge in [0.2, 0.25) is 0 Å². The fraction of sp³-hybridized carbons (Fsp3) is 0.800. The van der Waals surface area contributed by atoms with Gasteiger partial charge in [-0.2, -0.15) is 0 Å². The van der Waals surface area contributed by atoms with Crippen LogP contribution in [0.3, 0.4) is 0 Å². The van der Waals surface area contributed by atoms with E-state index in [9.17, 15) is 0 Å². The van der Waals surface area contributed by atoms with Gasteiger partial charge in [0.05, 0.1) is 6.26 Å². The third-order valence-electron chi connectivity index (χ3n) is 2.40. The van der Waals surface area contributed by atoms with Crippen molar-refractivity contribution < 1.29 is 4.74 Å². The quantitative estimate of drug-likeness (QED) is 0.555. The summed E-state index contributed by atoms with van der Waals surface area (Å²) in [6.07, 6.45) is 10.3. The molecule has 11 heavy (non-hydrogen) atoms. The highest BCUT2D eigenvalue weighted by molar-refractivity contribution is 4.82. The monoisotopic (exact) mass is 154 g/mol. The van der Waals surface area contributed by atoms with Crippen LogP contribution in [0, 0.1) is 0 Å². The lowest BCUT2D eigenvalue weighted by molar-refractivity contribution is 0.00571. The summed E-state index contributed by atoms with van der Waals surface area (Å²) in [6, 6.07) is 0. The molecule has 0 unspecified atom stereocenters. The van der Waals surface area contributed by atoms with Crippen molar-refractivity contribution >= 4 is 0 Å². The van der Waals surface area contributed by atoms with E-state index in [0.29, 0.717) is 0 Å². The molecule has 1 nitrogen and oxygen atoms in total. The van der Waals surface area contributed by atoms with Crippen LogP contribution in [-0.2, 0) is 4.74 Å². The zero-order valence-electron chi connectivity index (χ0n) is 7.60. The molecule has 0 saturated heterocycles. The molecule has 0 atom stereocenters. The van der Waals surface area contributed by atoms with Gasteiger partial charge in [0, 0.05) is 0 Å². The maximum absolute atomic E-state index is 5.64. The zero-order chi connectivity index (χ0) is 8.16. The number of hydrogen-bond donors (Lipinski definition) is 0. The van der Waals surface area contributed by atoms with E-state index in [1.54, 1.807) is 0 Å². The third-order valence-corrected chi connectivity index (χ3v) is 2.40. The summed E-state index contributed by atoms with van der Waals surface area (Å²) in [7, 11) is 0. The maximum atomic E-state index is 5.64. The molecule has 0 aromatic rings. The van der Waals surface area contributed by atoms with Gasteiger partial charge in [-0.3, -0.25) is 0 Å². The smallest absolute Gasteiger partial charge is 0.105 e. The second-order valence-electron chi connectivity index (χ2n) is 3.60. The molecule has 1 aliphatic rings. The van der Waals surface area contributed by atoms with Gasteiger partial charge >= 0.3 is 0 Å². The van der Waals surface area contributed by atoms with Crippen molar-refractivity contribution in [1.29, 1.82) is 0 Å². The molecule has 1 rings (SSSR count). The Balaban J connectivity index is 2.37. The topological polar surface area (TPSA) is 9.23 Å². The second kappa shape index (κ2) is 3.80. The van der Waals surface area contributed by atoms with Gasteiger partial charge in [-0.1, -0.05) is 12.5 Å². The summed E-state index contributed by atoms with van der Waals surface area (Å²) in [5.74, 6) is 0. The molecule has 0 aliphatic heterocycles. The van der Waals surface area contributed by atoms with Crippen LogP contribution in [0.2, 0.25) is 0 Å². The molecule has 0 heterocycles. The molecule has 0 amide bonds. The summed E-state index contributed by atoms with van der Waals surface area (Å²) >= 11 is 0. The molecule has 1 aliphatic carbocycles. The Labute approximate surface area is 69.4 Å².